The van der Waals surface area contributed by atoms with E-state index in [1.54, 1.807) is 0 Å². The number of hydrogen-bond donors (Lipinski definition) is 1. The predicted molar refractivity (Wildman–Crippen MR) is 74.4 cm³/mol. The van der Waals surface area contributed by atoms with E-state index in [-0.39, 0.29) is 5.54 Å². The lowest BCUT2D eigenvalue weighted by molar-refractivity contribution is -0.0980. The Bertz CT molecular complexity index is 316. The molecule has 102 valence electrons. The summed E-state index contributed by atoms with van der Waals surface area (Å²) in [4.78, 5) is 2.89. The Morgan fingerprint density at radius 2 is 1.44 bits per heavy atom. The molecule has 0 amide bonds. The molecule has 1 aliphatic heterocycles. The maximum atomic E-state index is 6.73. The van der Waals surface area contributed by atoms with Crippen molar-refractivity contribution in [3.05, 3.63) is 0 Å². The van der Waals surface area contributed by atoms with Gasteiger partial charge >= 0.3 is 0 Å². The van der Waals surface area contributed by atoms with Crippen LogP contribution in [-0.2, 0) is 0 Å². The standard InChI is InChI=1S/C16H28N2/c17-15-8-13-7-14(9-15)11-16(10-13,12-15)18-5-3-1-2-4-6-18/h13-14H,1-12,17H2. The van der Waals surface area contributed by atoms with Crippen LogP contribution in [0.25, 0.3) is 0 Å². The van der Waals surface area contributed by atoms with Gasteiger partial charge in [0.1, 0.15) is 0 Å². The molecule has 2 unspecified atom stereocenters. The first-order valence-electron chi connectivity index (χ1n) is 8.22. The largest absolute Gasteiger partial charge is 0.325 e. The zero-order valence-electron chi connectivity index (χ0n) is 11.7. The zero-order valence-corrected chi connectivity index (χ0v) is 11.7. The van der Waals surface area contributed by atoms with Gasteiger partial charge in [-0.2, -0.15) is 0 Å². The monoisotopic (exact) mass is 248 g/mol. The number of nitrogens with zero attached hydrogens (tertiary/aromatic N) is 1. The summed E-state index contributed by atoms with van der Waals surface area (Å²) in [5.41, 5.74) is 7.47. The maximum Gasteiger partial charge on any atom is 0.0232 e. The summed E-state index contributed by atoms with van der Waals surface area (Å²) in [6.45, 7) is 2.71. The molecule has 2 nitrogen and oxygen atoms in total. The molecule has 0 aromatic heterocycles. The summed E-state index contributed by atoms with van der Waals surface area (Å²) < 4.78 is 0. The molecular formula is C16H28N2. The Kier molecular flexibility index (Phi) is 2.58. The highest BCUT2D eigenvalue weighted by Crippen LogP contribution is 2.58. The fourth-order valence-electron chi connectivity index (χ4n) is 6.20. The first kappa shape index (κ1) is 11.7. The first-order chi connectivity index (χ1) is 8.68. The molecule has 4 saturated carbocycles. The summed E-state index contributed by atoms with van der Waals surface area (Å²) in [6.07, 6.45) is 14.2. The van der Waals surface area contributed by atoms with E-state index in [0.29, 0.717) is 5.54 Å². The fourth-order valence-corrected chi connectivity index (χ4v) is 6.20. The molecule has 2 heteroatoms. The van der Waals surface area contributed by atoms with Crippen molar-refractivity contribution in [1.29, 1.82) is 0 Å². The second kappa shape index (κ2) is 3.96. The second-order valence-corrected chi connectivity index (χ2v) is 7.95. The van der Waals surface area contributed by atoms with Gasteiger partial charge in [-0.15, -0.1) is 0 Å². The molecule has 5 aliphatic rings. The van der Waals surface area contributed by atoms with Crippen LogP contribution in [0.4, 0.5) is 0 Å². The average Bonchev–Trinajstić information content (AvgIpc) is 2.53. The topological polar surface area (TPSA) is 29.3 Å². The van der Waals surface area contributed by atoms with Crippen molar-refractivity contribution in [2.75, 3.05) is 13.1 Å². The predicted octanol–water partition coefficient (Wildman–Crippen LogP) is 2.91. The van der Waals surface area contributed by atoms with Crippen molar-refractivity contribution in [3.63, 3.8) is 0 Å². The Morgan fingerprint density at radius 1 is 0.833 bits per heavy atom. The third-order valence-electron chi connectivity index (χ3n) is 6.35. The summed E-state index contributed by atoms with van der Waals surface area (Å²) >= 11 is 0. The molecule has 0 radical (unpaired) electrons. The molecular weight excluding hydrogens is 220 g/mol. The number of hydrogen-bond acceptors (Lipinski definition) is 2. The lowest BCUT2D eigenvalue weighted by Crippen LogP contribution is -2.68. The van der Waals surface area contributed by atoms with Crippen LogP contribution < -0.4 is 5.73 Å². The normalized spacial score (nSPS) is 52.5. The van der Waals surface area contributed by atoms with Gasteiger partial charge in [-0.05, 0) is 76.3 Å². The minimum atomic E-state index is 0.219. The second-order valence-electron chi connectivity index (χ2n) is 7.95. The van der Waals surface area contributed by atoms with Gasteiger partial charge < -0.3 is 5.73 Å². The van der Waals surface area contributed by atoms with Crippen LogP contribution in [0, 0.1) is 11.8 Å². The number of nitrogens with two attached hydrogens (primary N) is 1. The minimum absolute atomic E-state index is 0.219. The Labute approximate surface area is 111 Å². The number of likely N-dealkylation sites (tertiary alicyclic amines) is 1. The Morgan fingerprint density at radius 3 is 2.00 bits per heavy atom. The van der Waals surface area contributed by atoms with Crippen molar-refractivity contribution in [2.45, 2.75) is 75.3 Å². The molecule has 2 N–H and O–H groups in total. The van der Waals surface area contributed by atoms with Gasteiger partial charge in [-0.1, -0.05) is 12.8 Å². The van der Waals surface area contributed by atoms with Gasteiger partial charge in [0.15, 0.2) is 0 Å². The molecule has 1 heterocycles. The van der Waals surface area contributed by atoms with E-state index in [2.05, 4.69) is 4.90 Å². The van der Waals surface area contributed by atoms with Crippen molar-refractivity contribution in [2.24, 2.45) is 17.6 Å². The highest BCUT2D eigenvalue weighted by molar-refractivity contribution is 5.15. The van der Waals surface area contributed by atoms with Crippen molar-refractivity contribution in [3.8, 4) is 0 Å². The van der Waals surface area contributed by atoms with Crippen LogP contribution in [0.2, 0.25) is 0 Å². The van der Waals surface area contributed by atoms with Gasteiger partial charge in [0, 0.05) is 11.1 Å². The van der Waals surface area contributed by atoms with E-state index < -0.39 is 0 Å². The molecule has 0 aromatic carbocycles. The van der Waals surface area contributed by atoms with Crippen molar-refractivity contribution < 1.29 is 0 Å². The minimum Gasteiger partial charge on any atom is -0.325 e. The molecule has 5 fully saturated rings. The Hall–Kier alpha value is -0.0800. The third-order valence-corrected chi connectivity index (χ3v) is 6.35. The van der Waals surface area contributed by atoms with E-state index in [1.165, 1.54) is 77.3 Å². The summed E-state index contributed by atoms with van der Waals surface area (Å²) in [5.74, 6) is 1.92. The third kappa shape index (κ3) is 1.76. The fraction of sp³-hybridized carbons (Fsp3) is 1.00. The summed E-state index contributed by atoms with van der Waals surface area (Å²) in [7, 11) is 0. The van der Waals surface area contributed by atoms with Crippen molar-refractivity contribution >= 4 is 0 Å². The maximum absolute atomic E-state index is 6.73. The van der Waals surface area contributed by atoms with E-state index in [4.69, 9.17) is 5.73 Å². The molecule has 0 aromatic rings. The molecule has 1 saturated heterocycles. The zero-order chi connectivity index (χ0) is 12.2. The summed E-state index contributed by atoms with van der Waals surface area (Å²) in [6, 6.07) is 0. The van der Waals surface area contributed by atoms with Gasteiger partial charge in [0.2, 0.25) is 0 Å². The van der Waals surface area contributed by atoms with Crippen LogP contribution in [0.3, 0.4) is 0 Å². The van der Waals surface area contributed by atoms with E-state index in [1.807, 2.05) is 0 Å². The summed E-state index contributed by atoms with van der Waals surface area (Å²) in [5, 5.41) is 0. The molecule has 5 rings (SSSR count). The number of rotatable bonds is 1. The van der Waals surface area contributed by atoms with Gasteiger partial charge in [-0.3, -0.25) is 4.90 Å². The van der Waals surface area contributed by atoms with Crippen molar-refractivity contribution in [1.82, 2.24) is 4.90 Å². The van der Waals surface area contributed by atoms with Crippen LogP contribution in [0.1, 0.15) is 64.2 Å². The first-order valence-corrected chi connectivity index (χ1v) is 8.22. The molecule has 0 spiro atoms. The van der Waals surface area contributed by atoms with Gasteiger partial charge in [0.25, 0.3) is 0 Å². The molecule has 4 bridgehead atoms. The van der Waals surface area contributed by atoms with Crippen LogP contribution >= 0.6 is 0 Å². The van der Waals surface area contributed by atoms with Crippen LogP contribution in [-0.4, -0.2) is 29.1 Å². The van der Waals surface area contributed by atoms with Crippen LogP contribution in [0.5, 0.6) is 0 Å². The highest BCUT2D eigenvalue weighted by atomic mass is 15.2. The van der Waals surface area contributed by atoms with Crippen LogP contribution in [0.15, 0.2) is 0 Å². The Balaban J connectivity index is 1.62. The van der Waals surface area contributed by atoms with Gasteiger partial charge in [0.05, 0.1) is 0 Å². The highest BCUT2D eigenvalue weighted by Gasteiger charge is 2.58. The van der Waals surface area contributed by atoms with E-state index >= 15 is 0 Å². The van der Waals surface area contributed by atoms with E-state index in [0.717, 1.165) is 11.8 Å². The van der Waals surface area contributed by atoms with E-state index in [9.17, 15) is 0 Å². The molecule has 2 atom stereocenters. The van der Waals surface area contributed by atoms with Gasteiger partial charge in [-0.25, -0.2) is 0 Å². The molecule has 18 heavy (non-hydrogen) atoms. The quantitative estimate of drug-likeness (QED) is 0.773. The SMILES string of the molecule is NC12CC3CC(C1)CC(N1CCCCCC1)(C3)C2. The smallest absolute Gasteiger partial charge is 0.0232 e. The lowest BCUT2D eigenvalue weighted by atomic mass is 9.49. The lowest BCUT2D eigenvalue weighted by Gasteiger charge is -2.64. The molecule has 4 aliphatic carbocycles. The average molecular weight is 248 g/mol.